The molecule has 4 N–H and O–H groups in total. The summed E-state index contributed by atoms with van der Waals surface area (Å²) in [6, 6.07) is -0.854. The Labute approximate surface area is 70.9 Å². The number of nitrogens with one attached hydrogen (secondary N) is 1. The minimum Gasteiger partial charge on any atom is -0.480 e. The molecule has 0 rings (SSSR count). The van der Waals surface area contributed by atoms with Crippen molar-refractivity contribution in [1.82, 2.24) is 5.32 Å². The Bertz CT molecular complexity index is 179. The van der Waals surface area contributed by atoms with Gasteiger partial charge in [0.1, 0.15) is 6.04 Å². The number of hydrogen-bond donors (Lipinski definition) is 3. The zero-order valence-electron chi connectivity index (χ0n) is 7.20. The van der Waals surface area contributed by atoms with Crippen molar-refractivity contribution in [3.8, 4) is 0 Å². The highest BCUT2D eigenvalue weighted by molar-refractivity contribution is 5.83. The van der Waals surface area contributed by atoms with Crippen molar-refractivity contribution in [2.75, 3.05) is 0 Å². The first kappa shape index (κ1) is 10.9. The third-order valence-corrected chi connectivity index (χ3v) is 1.24. The number of rotatable bonds is 5. The van der Waals surface area contributed by atoms with Crippen LogP contribution < -0.4 is 11.1 Å². The van der Waals surface area contributed by atoms with Crippen LogP contribution in [0, 0.1) is 0 Å². The van der Waals surface area contributed by atoms with Crippen LogP contribution in [0.15, 0.2) is 0 Å². The molecule has 0 saturated carbocycles. The van der Waals surface area contributed by atoms with E-state index in [9.17, 15) is 9.59 Å². The first-order valence-electron chi connectivity index (χ1n) is 3.70. The molecule has 1 amide bonds. The molecule has 0 aliphatic heterocycles. The molecule has 0 radical (unpaired) electrons. The molecule has 0 spiro atoms. The smallest absolute Gasteiger partial charge is 0.321 e. The van der Waals surface area contributed by atoms with E-state index in [1.54, 1.807) is 13.8 Å². The van der Waals surface area contributed by atoms with Gasteiger partial charge in [0.2, 0.25) is 5.91 Å². The molecular formula is C7H14N2O3. The van der Waals surface area contributed by atoms with E-state index in [1.807, 2.05) is 0 Å². The third kappa shape index (κ3) is 4.68. The van der Waals surface area contributed by atoms with Crippen LogP contribution in [0.25, 0.3) is 0 Å². The van der Waals surface area contributed by atoms with Gasteiger partial charge in [0, 0.05) is 6.04 Å². The second-order valence-corrected chi connectivity index (χ2v) is 2.88. The first-order chi connectivity index (χ1) is 5.43. The Morgan fingerprint density at radius 1 is 1.50 bits per heavy atom. The monoisotopic (exact) mass is 174 g/mol. The molecule has 5 heteroatoms. The van der Waals surface area contributed by atoms with Crippen LogP contribution in [0.5, 0.6) is 0 Å². The highest BCUT2D eigenvalue weighted by Crippen LogP contribution is 1.93. The average Bonchev–Trinajstić information content (AvgIpc) is 1.83. The SMILES string of the molecule is CC(C)N[C@H](CC(N)=O)C(=O)O. The predicted octanol–water partition coefficient (Wildman–Crippen LogP) is -0.687. The summed E-state index contributed by atoms with van der Waals surface area (Å²) in [6.07, 6.45) is -0.173. The fourth-order valence-electron chi connectivity index (χ4n) is 0.821. The summed E-state index contributed by atoms with van der Waals surface area (Å²) in [7, 11) is 0. The maximum absolute atomic E-state index is 10.5. The Hall–Kier alpha value is -1.10. The van der Waals surface area contributed by atoms with Gasteiger partial charge in [-0.25, -0.2) is 0 Å². The molecule has 0 aromatic heterocycles. The quantitative estimate of drug-likeness (QED) is 0.514. The van der Waals surface area contributed by atoms with Gasteiger partial charge >= 0.3 is 5.97 Å². The second-order valence-electron chi connectivity index (χ2n) is 2.88. The number of primary amides is 1. The number of hydrogen-bond acceptors (Lipinski definition) is 3. The molecule has 0 saturated heterocycles. The van der Waals surface area contributed by atoms with E-state index < -0.39 is 17.9 Å². The molecule has 0 bridgehead atoms. The van der Waals surface area contributed by atoms with Crippen LogP contribution >= 0.6 is 0 Å². The van der Waals surface area contributed by atoms with E-state index in [-0.39, 0.29) is 12.5 Å². The van der Waals surface area contributed by atoms with Crippen LogP contribution in [-0.4, -0.2) is 29.1 Å². The standard InChI is InChI=1S/C7H14N2O3/c1-4(2)9-5(7(11)12)3-6(8)10/h4-5,9H,3H2,1-2H3,(H2,8,10)(H,11,12)/t5-/m1/s1. The summed E-state index contributed by atoms with van der Waals surface area (Å²) >= 11 is 0. The van der Waals surface area contributed by atoms with Crippen molar-refractivity contribution in [3.63, 3.8) is 0 Å². The second kappa shape index (κ2) is 4.71. The number of nitrogens with two attached hydrogens (primary N) is 1. The van der Waals surface area contributed by atoms with Crippen LogP contribution in [0.3, 0.4) is 0 Å². The highest BCUT2D eigenvalue weighted by Gasteiger charge is 2.19. The topological polar surface area (TPSA) is 92.4 Å². The van der Waals surface area contributed by atoms with Crippen LogP contribution in [-0.2, 0) is 9.59 Å². The number of amides is 1. The molecular weight excluding hydrogens is 160 g/mol. The van der Waals surface area contributed by atoms with E-state index in [0.717, 1.165) is 0 Å². The van der Waals surface area contributed by atoms with Gasteiger partial charge in [-0.3, -0.25) is 9.59 Å². The van der Waals surface area contributed by atoms with E-state index in [4.69, 9.17) is 10.8 Å². The molecule has 0 heterocycles. The molecule has 0 unspecified atom stereocenters. The molecule has 5 nitrogen and oxygen atoms in total. The largest absolute Gasteiger partial charge is 0.480 e. The lowest BCUT2D eigenvalue weighted by molar-refractivity contribution is -0.141. The maximum Gasteiger partial charge on any atom is 0.321 e. The van der Waals surface area contributed by atoms with E-state index >= 15 is 0 Å². The van der Waals surface area contributed by atoms with Crippen molar-refractivity contribution in [2.24, 2.45) is 5.73 Å². The first-order valence-corrected chi connectivity index (χ1v) is 3.70. The fourth-order valence-corrected chi connectivity index (χ4v) is 0.821. The van der Waals surface area contributed by atoms with Gasteiger partial charge in [0.05, 0.1) is 6.42 Å². The summed E-state index contributed by atoms with van der Waals surface area (Å²) in [5, 5.41) is 11.3. The zero-order valence-corrected chi connectivity index (χ0v) is 7.20. The molecule has 0 aromatic rings. The van der Waals surface area contributed by atoms with Crippen LogP contribution in [0.2, 0.25) is 0 Å². The lowest BCUT2D eigenvalue weighted by Gasteiger charge is -2.15. The summed E-state index contributed by atoms with van der Waals surface area (Å²) in [6.45, 7) is 3.61. The van der Waals surface area contributed by atoms with Gasteiger partial charge in [-0.15, -0.1) is 0 Å². The number of carboxylic acid groups (broad SMARTS) is 1. The summed E-state index contributed by atoms with van der Waals surface area (Å²) < 4.78 is 0. The van der Waals surface area contributed by atoms with Crippen LogP contribution in [0.1, 0.15) is 20.3 Å². The minimum absolute atomic E-state index is 0.0189. The summed E-state index contributed by atoms with van der Waals surface area (Å²) in [5.74, 6) is -1.67. The molecule has 12 heavy (non-hydrogen) atoms. The van der Waals surface area contributed by atoms with E-state index in [0.29, 0.717) is 0 Å². The predicted molar refractivity (Wildman–Crippen MR) is 43.5 cm³/mol. The van der Waals surface area contributed by atoms with Gasteiger partial charge in [-0.1, -0.05) is 13.8 Å². The zero-order chi connectivity index (χ0) is 9.72. The van der Waals surface area contributed by atoms with Gasteiger partial charge in [0.15, 0.2) is 0 Å². The average molecular weight is 174 g/mol. The normalized spacial score (nSPS) is 12.9. The van der Waals surface area contributed by atoms with Gasteiger partial charge < -0.3 is 16.2 Å². The summed E-state index contributed by atoms with van der Waals surface area (Å²) in [4.78, 5) is 20.9. The lowest BCUT2D eigenvalue weighted by atomic mass is 10.2. The van der Waals surface area contributed by atoms with Gasteiger partial charge in [-0.05, 0) is 0 Å². The number of carbonyl (C=O) groups excluding carboxylic acids is 1. The number of aliphatic carboxylic acids is 1. The summed E-state index contributed by atoms with van der Waals surface area (Å²) in [5.41, 5.74) is 4.86. The number of carbonyl (C=O) groups is 2. The lowest BCUT2D eigenvalue weighted by Crippen LogP contribution is -2.43. The van der Waals surface area contributed by atoms with Crippen molar-refractivity contribution in [2.45, 2.75) is 32.4 Å². The Balaban J connectivity index is 4.04. The van der Waals surface area contributed by atoms with Gasteiger partial charge in [0.25, 0.3) is 0 Å². The Morgan fingerprint density at radius 2 is 2.00 bits per heavy atom. The molecule has 0 aliphatic carbocycles. The highest BCUT2D eigenvalue weighted by atomic mass is 16.4. The third-order valence-electron chi connectivity index (χ3n) is 1.24. The fraction of sp³-hybridized carbons (Fsp3) is 0.714. The van der Waals surface area contributed by atoms with Crippen molar-refractivity contribution in [1.29, 1.82) is 0 Å². The number of carboxylic acids is 1. The molecule has 70 valence electrons. The molecule has 0 aliphatic rings. The molecule has 1 atom stereocenters. The molecule has 0 fully saturated rings. The van der Waals surface area contributed by atoms with Crippen molar-refractivity contribution in [3.05, 3.63) is 0 Å². The maximum atomic E-state index is 10.5. The van der Waals surface area contributed by atoms with E-state index in [1.165, 1.54) is 0 Å². The van der Waals surface area contributed by atoms with Crippen molar-refractivity contribution < 1.29 is 14.7 Å². The van der Waals surface area contributed by atoms with Crippen molar-refractivity contribution >= 4 is 11.9 Å². The Morgan fingerprint density at radius 3 is 2.25 bits per heavy atom. The van der Waals surface area contributed by atoms with Crippen LogP contribution in [0.4, 0.5) is 0 Å². The van der Waals surface area contributed by atoms with Gasteiger partial charge in [-0.2, -0.15) is 0 Å². The Kier molecular flexibility index (Phi) is 4.28. The van der Waals surface area contributed by atoms with E-state index in [2.05, 4.69) is 5.32 Å². The minimum atomic E-state index is -1.05. The molecule has 0 aromatic carbocycles.